The number of nitrogens with zero attached hydrogens (tertiary/aromatic N) is 16. The van der Waals surface area contributed by atoms with Crippen LogP contribution in [-0.2, 0) is 87.0 Å². The van der Waals surface area contributed by atoms with Gasteiger partial charge in [0, 0.05) is 220 Å². The predicted molar refractivity (Wildman–Crippen MR) is 494 cm³/mol. The van der Waals surface area contributed by atoms with Gasteiger partial charge in [-0.2, -0.15) is 5.26 Å². The third-order valence-corrected chi connectivity index (χ3v) is 26.0. The number of likely N-dealkylation sites (tertiary alicyclic amines) is 4. The van der Waals surface area contributed by atoms with E-state index in [2.05, 4.69) is 63.2 Å². The number of ether oxygens (including phenoxy) is 2. The van der Waals surface area contributed by atoms with Gasteiger partial charge in [-0.1, -0.05) is 101 Å². The molecule has 0 bridgehead atoms. The number of carbonyl (C=O) groups is 12. The van der Waals surface area contributed by atoms with Crippen molar-refractivity contribution >= 4 is 171 Å². The number of aromatic nitrogens is 6. The maximum absolute atomic E-state index is 14.1. The minimum Gasteiger partial charge on any atom is -0.481 e. The molecule has 6 aliphatic rings. The molecule has 4 aromatic carbocycles. The summed E-state index contributed by atoms with van der Waals surface area (Å²) in [4.78, 5) is 174. The topological polar surface area (TPSA) is 322 Å². The lowest BCUT2D eigenvalue weighted by Crippen LogP contribution is -2.61. The van der Waals surface area contributed by atoms with E-state index in [0.717, 1.165) is 48.9 Å². The van der Waals surface area contributed by atoms with Gasteiger partial charge in [-0.15, -0.1) is 0 Å². The summed E-state index contributed by atoms with van der Waals surface area (Å²) < 4.78 is 18.3. The summed E-state index contributed by atoms with van der Waals surface area (Å²) in [5.41, 5.74) is 7.59. The highest BCUT2D eigenvalue weighted by Gasteiger charge is 2.40. The van der Waals surface area contributed by atoms with Crippen molar-refractivity contribution < 1.29 is 67.0 Å². The molecule has 16 rings (SSSR count). The molecule has 34 heteroatoms. The fourth-order valence-corrected chi connectivity index (χ4v) is 18.1. The van der Waals surface area contributed by atoms with Crippen molar-refractivity contribution in [3.63, 3.8) is 0 Å². The Balaban J connectivity index is 0.000000150. The summed E-state index contributed by atoms with van der Waals surface area (Å²) >= 11 is 22.6. The van der Waals surface area contributed by atoms with Crippen LogP contribution in [0.5, 0.6) is 5.88 Å². The summed E-state index contributed by atoms with van der Waals surface area (Å²) in [6.45, 7) is 27.1. The number of nitriles is 1. The SMILES string of the molecule is C=CC(=O)N1CC(CC(=O)Cn2cc(C(=O)C(=O)OCC)c3ccccc32)C1.C=CC(=O)N1CC(CC(=O)Cn2ccc3c(Cl)cccc32)C1.C=CC(=O)N1CC(N(C)C(=O)Cn2c(C)c(C(=O)N3CCN(c4ccc(C#N)cn4)CC3C)c3cc(Br)ccc32)C1.C=CC(=O)N1CC(N(C)C(=O)Cn2cc(C(=O)N3CCc4c(ccnc4OC)C3)c3c(Cl)c(Cl)ccc32)C1. The van der Waals surface area contributed by atoms with E-state index >= 15 is 0 Å². The van der Waals surface area contributed by atoms with Gasteiger partial charge < -0.3 is 71.8 Å². The number of pyridine rings is 2. The average Bonchev–Trinajstić information content (AvgIpc) is 1.62. The quantitative estimate of drug-likeness (QED) is 0.0222. The monoisotopic (exact) mass is 1870 g/mol. The molecule has 12 heterocycles. The number of esters is 1. The largest absolute Gasteiger partial charge is 0.481 e. The molecule has 0 N–H and O–H groups in total. The smallest absolute Gasteiger partial charge is 0.379 e. The molecule has 0 saturated carbocycles. The highest BCUT2D eigenvalue weighted by Crippen LogP contribution is 2.39. The van der Waals surface area contributed by atoms with Gasteiger partial charge >= 0.3 is 5.97 Å². The number of likely N-dealkylation sites (N-methyl/N-ethyl adjacent to an activating group) is 2. The number of Topliss-reactive ketones (excluding diaryl/α,β-unsaturated/α-hetero) is 3. The van der Waals surface area contributed by atoms with Crippen LogP contribution >= 0.6 is 50.7 Å². The molecule has 670 valence electrons. The van der Waals surface area contributed by atoms with E-state index < -0.39 is 11.8 Å². The van der Waals surface area contributed by atoms with Crippen molar-refractivity contribution in [2.45, 2.75) is 90.9 Å². The Labute approximate surface area is 768 Å². The van der Waals surface area contributed by atoms with Gasteiger partial charge in [0.1, 0.15) is 25.0 Å². The second-order valence-electron chi connectivity index (χ2n) is 32.6. The molecular formula is C95H98BrCl3N16O14. The van der Waals surface area contributed by atoms with E-state index in [1.165, 1.54) is 30.5 Å². The maximum Gasteiger partial charge on any atom is 0.379 e. The summed E-state index contributed by atoms with van der Waals surface area (Å²) in [7, 11) is 5.07. The number of hydrogen-bond donors (Lipinski definition) is 0. The molecule has 5 saturated heterocycles. The average molecular weight is 1870 g/mol. The molecule has 129 heavy (non-hydrogen) atoms. The number of amides is 8. The number of benzene rings is 4. The first-order chi connectivity index (χ1) is 61.9. The number of rotatable bonds is 25. The van der Waals surface area contributed by atoms with E-state index in [4.69, 9.17) is 49.5 Å². The molecule has 1 unspecified atom stereocenters. The van der Waals surface area contributed by atoms with Gasteiger partial charge in [0.15, 0.2) is 11.6 Å². The lowest BCUT2D eigenvalue weighted by molar-refractivity contribution is -0.142. The molecule has 8 amide bonds. The molecule has 0 radical (unpaired) electrons. The van der Waals surface area contributed by atoms with Crippen LogP contribution in [-0.4, -0.2) is 262 Å². The third-order valence-electron chi connectivity index (χ3n) is 24.4. The van der Waals surface area contributed by atoms with Crippen molar-refractivity contribution in [2.75, 3.05) is 111 Å². The number of hydrogen-bond acceptors (Lipinski definition) is 18. The van der Waals surface area contributed by atoms with E-state index in [0.29, 0.717) is 165 Å². The second kappa shape index (κ2) is 41.0. The lowest BCUT2D eigenvalue weighted by Gasteiger charge is -2.43. The Morgan fingerprint density at radius 1 is 0.589 bits per heavy atom. The number of halogens is 4. The summed E-state index contributed by atoms with van der Waals surface area (Å²) in [6, 6.07) is 31.3. The van der Waals surface area contributed by atoms with Crippen LogP contribution in [0.15, 0.2) is 183 Å². The van der Waals surface area contributed by atoms with Crippen LogP contribution < -0.4 is 9.64 Å². The van der Waals surface area contributed by atoms with E-state index in [-0.39, 0.29) is 126 Å². The van der Waals surface area contributed by atoms with E-state index in [1.807, 2.05) is 94.7 Å². The van der Waals surface area contributed by atoms with Gasteiger partial charge in [0.2, 0.25) is 41.3 Å². The first-order valence-electron chi connectivity index (χ1n) is 42.1. The summed E-state index contributed by atoms with van der Waals surface area (Å²) in [5, 5.41) is 13.2. The normalized spacial score (nSPS) is 15.5. The fourth-order valence-electron chi connectivity index (χ4n) is 17.1. The highest BCUT2D eigenvalue weighted by atomic mass is 79.9. The Bertz CT molecular complexity index is 6180. The molecule has 6 aliphatic heterocycles. The van der Waals surface area contributed by atoms with Crippen molar-refractivity contribution in [3.05, 3.63) is 237 Å². The number of carbonyl (C=O) groups excluding carboxylic acids is 12. The van der Waals surface area contributed by atoms with Crippen molar-refractivity contribution in [2.24, 2.45) is 11.8 Å². The Hall–Kier alpha value is -13.0. The third kappa shape index (κ3) is 20.4. The summed E-state index contributed by atoms with van der Waals surface area (Å²) in [5.74, 6) is -0.640. The van der Waals surface area contributed by atoms with Crippen LogP contribution in [0.25, 0.3) is 43.6 Å². The Morgan fingerprint density at radius 3 is 1.75 bits per heavy atom. The zero-order chi connectivity index (χ0) is 92.5. The number of para-hydroxylation sites is 1. The second-order valence-corrected chi connectivity index (χ2v) is 34.7. The number of piperazine rings is 1. The van der Waals surface area contributed by atoms with Crippen molar-refractivity contribution in [1.29, 1.82) is 5.26 Å². The highest BCUT2D eigenvalue weighted by molar-refractivity contribution is 9.10. The van der Waals surface area contributed by atoms with Gasteiger partial charge in [-0.25, -0.2) is 14.8 Å². The Morgan fingerprint density at radius 2 is 1.16 bits per heavy atom. The molecule has 10 aromatic rings. The lowest BCUT2D eigenvalue weighted by atomic mass is 9.94. The van der Waals surface area contributed by atoms with Gasteiger partial charge in [0.05, 0.1) is 76.7 Å². The van der Waals surface area contributed by atoms with Crippen LogP contribution in [0.4, 0.5) is 5.82 Å². The van der Waals surface area contributed by atoms with Crippen LogP contribution in [0, 0.1) is 30.1 Å². The van der Waals surface area contributed by atoms with E-state index in [9.17, 15) is 57.5 Å². The van der Waals surface area contributed by atoms with Crippen LogP contribution in [0.2, 0.25) is 15.1 Å². The van der Waals surface area contributed by atoms with Gasteiger partial charge in [-0.05, 0) is 130 Å². The minimum atomic E-state index is -0.904. The van der Waals surface area contributed by atoms with Crippen LogP contribution in [0.3, 0.4) is 0 Å². The molecular weight excluding hydrogens is 1780 g/mol. The van der Waals surface area contributed by atoms with Crippen molar-refractivity contribution in [3.8, 4) is 11.9 Å². The number of fused-ring (bicyclic) bond motifs is 5. The molecule has 6 aromatic heterocycles. The zero-order valence-corrected chi connectivity index (χ0v) is 76.2. The standard InChI is InChI=1S/C30H32BrN7O3.C27H27Cl2N5O4.C21H22N2O5.C17H17ClN2O2/c1-5-27(39)36-16-23(17-36)34(4)28(40)18-38-20(3)29(24-12-22(31)7-8-25(24)38)30(41)37-11-10-35(15-19(37)2)26-9-6-21(13-32)14-33-26;1-4-22(35)34-12-17(13-34)31(2)23(36)15-33-14-19(24-21(33)6-5-20(28)25(24)29)27(37)32-10-8-18-16(11-32)7-9-30-26(18)38-3;1-3-19(25)23-10-14(11-23)9-15(24)12-22-13-17(20(26)21(27)28-4-2)16-7-5-6-8-18(16)22;1-2-17(22)20-9-12(10-20)8-13(21)11-19-7-6-14-15(18)4-3-5-16(14)19/h5-9,12,14,19,23H,1,10-11,15-18H2,2-4H3;4-7,9,14,17H,1,8,10-13,15H2,2-3H3;3,5-8,13-14H,1,4,9-12H2,2H3;2-7,12H,1,8-11H2. The van der Waals surface area contributed by atoms with Crippen molar-refractivity contribution in [1.82, 2.24) is 67.4 Å². The fraction of sp³-hybridized carbons (Fsp3) is 0.337. The van der Waals surface area contributed by atoms with Gasteiger partial charge in [0.25, 0.3) is 17.6 Å². The van der Waals surface area contributed by atoms with Gasteiger partial charge in [-0.3, -0.25) is 52.7 Å². The molecule has 0 aliphatic carbocycles. The number of anilines is 1. The molecule has 5 fully saturated rings. The minimum absolute atomic E-state index is 0.00610. The number of methoxy groups -OCH3 is 1. The number of ketones is 3. The zero-order valence-electron chi connectivity index (χ0n) is 72.4. The summed E-state index contributed by atoms with van der Waals surface area (Å²) in [6.07, 6.45) is 15.0. The predicted octanol–water partition coefficient (Wildman–Crippen LogP) is 11.5. The van der Waals surface area contributed by atoms with Crippen LogP contribution in [0.1, 0.15) is 80.1 Å². The maximum atomic E-state index is 14.1. The molecule has 1 atom stereocenters. The first kappa shape index (κ1) is 93.6. The van der Waals surface area contributed by atoms with E-state index in [1.54, 1.807) is 127 Å². The Kier molecular flexibility index (Phi) is 29.7. The molecule has 30 nitrogen and oxygen atoms in total. The first-order valence-corrected chi connectivity index (χ1v) is 44.0. The molecule has 0 spiro atoms.